The highest BCUT2D eigenvalue weighted by Crippen LogP contribution is 2.28. The fourth-order valence-corrected chi connectivity index (χ4v) is 4.81. The maximum atomic E-state index is 12.6. The summed E-state index contributed by atoms with van der Waals surface area (Å²) in [5, 5.41) is 13.2. The lowest BCUT2D eigenvalue weighted by Crippen LogP contribution is -2.22. The van der Waals surface area contributed by atoms with Crippen LogP contribution in [0.4, 0.5) is 17.1 Å². The van der Waals surface area contributed by atoms with Crippen molar-refractivity contribution in [3.8, 4) is 0 Å². The number of benzene rings is 3. The molecule has 10 heteroatoms. The second-order valence-corrected chi connectivity index (χ2v) is 10.5. The quantitative estimate of drug-likeness (QED) is 0.259. The molecule has 33 heavy (non-hydrogen) atoms. The number of nitrogens with zero attached hydrogens (tertiary/aromatic N) is 1. The Morgan fingerprint density at radius 3 is 2.24 bits per heavy atom. The lowest BCUT2D eigenvalue weighted by atomic mass is 10.2. The number of nitro benzene ring substituents is 1. The largest absolute Gasteiger partial charge is 0.325 e. The first-order valence-corrected chi connectivity index (χ1v) is 12.3. The Bertz CT molecular complexity index is 1270. The van der Waals surface area contributed by atoms with E-state index in [1.165, 1.54) is 23.9 Å². The Labute approximate surface area is 196 Å². The number of carbonyl (C=O) groups is 1. The molecule has 0 aliphatic rings. The molecule has 0 spiro atoms. The molecule has 0 aliphatic carbocycles. The van der Waals surface area contributed by atoms with Crippen molar-refractivity contribution in [1.82, 2.24) is 0 Å². The van der Waals surface area contributed by atoms with Crippen LogP contribution in [0, 0.1) is 24.0 Å². The second-order valence-electron chi connectivity index (χ2n) is 7.45. The number of sulfonamides is 1. The molecular formula is C23H23N3O5S2. The fourth-order valence-electron chi connectivity index (χ4n) is 2.88. The summed E-state index contributed by atoms with van der Waals surface area (Å²) in [6.07, 6.45) is 0. The molecule has 0 saturated carbocycles. The Kier molecular flexibility index (Phi) is 7.39. The van der Waals surface area contributed by atoms with Crippen LogP contribution in [0.2, 0.25) is 0 Å². The Morgan fingerprint density at radius 1 is 1.00 bits per heavy atom. The number of aryl methyl sites for hydroxylation is 2. The lowest BCUT2D eigenvalue weighted by Gasteiger charge is -2.14. The van der Waals surface area contributed by atoms with E-state index in [9.17, 15) is 23.3 Å². The molecule has 1 amide bonds. The monoisotopic (exact) mass is 485 g/mol. The van der Waals surface area contributed by atoms with Crippen molar-refractivity contribution >= 4 is 44.8 Å². The van der Waals surface area contributed by atoms with Gasteiger partial charge in [0.15, 0.2) is 0 Å². The highest BCUT2D eigenvalue weighted by molar-refractivity contribution is 8.00. The van der Waals surface area contributed by atoms with E-state index in [0.29, 0.717) is 11.4 Å². The predicted octanol–water partition coefficient (Wildman–Crippen LogP) is 5.13. The Balaban J connectivity index is 1.63. The summed E-state index contributed by atoms with van der Waals surface area (Å²) in [6.45, 7) is 5.36. The van der Waals surface area contributed by atoms with Gasteiger partial charge in [-0.05, 0) is 62.7 Å². The average Bonchev–Trinajstić information content (AvgIpc) is 2.76. The molecule has 1 atom stereocenters. The maximum Gasteiger partial charge on any atom is 0.271 e. The van der Waals surface area contributed by atoms with Gasteiger partial charge in [-0.1, -0.05) is 23.8 Å². The molecule has 0 saturated heterocycles. The van der Waals surface area contributed by atoms with E-state index in [1.54, 1.807) is 68.4 Å². The smallest absolute Gasteiger partial charge is 0.271 e. The summed E-state index contributed by atoms with van der Waals surface area (Å²) in [6, 6.07) is 17.6. The van der Waals surface area contributed by atoms with Crippen LogP contribution in [0.25, 0.3) is 0 Å². The van der Waals surface area contributed by atoms with Gasteiger partial charge in [-0.15, -0.1) is 11.8 Å². The lowest BCUT2D eigenvalue weighted by molar-refractivity contribution is -0.384. The van der Waals surface area contributed by atoms with Crippen LogP contribution in [-0.2, 0) is 14.8 Å². The van der Waals surface area contributed by atoms with E-state index in [2.05, 4.69) is 10.0 Å². The number of amides is 1. The van der Waals surface area contributed by atoms with Crippen molar-refractivity contribution in [3.05, 3.63) is 88.0 Å². The van der Waals surface area contributed by atoms with Gasteiger partial charge in [0.25, 0.3) is 15.7 Å². The van der Waals surface area contributed by atoms with Crippen molar-refractivity contribution in [2.24, 2.45) is 0 Å². The minimum Gasteiger partial charge on any atom is -0.325 e. The van der Waals surface area contributed by atoms with Gasteiger partial charge in [0, 0.05) is 22.7 Å². The van der Waals surface area contributed by atoms with Gasteiger partial charge in [-0.2, -0.15) is 0 Å². The van der Waals surface area contributed by atoms with E-state index in [1.807, 2.05) is 6.92 Å². The highest BCUT2D eigenvalue weighted by Gasteiger charge is 2.18. The molecule has 0 aliphatic heterocycles. The molecule has 0 radical (unpaired) electrons. The molecular weight excluding hydrogens is 462 g/mol. The summed E-state index contributed by atoms with van der Waals surface area (Å²) in [5.41, 5.74) is 2.39. The minimum atomic E-state index is -3.70. The van der Waals surface area contributed by atoms with E-state index < -0.39 is 20.2 Å². The molecule has 0 aromatic heterocycles. The van der Waals surface area contributed by atoms with Gasteiger partial charge in [-0.3, -0.25) is 19.6 Å². The fraction of sp³-hybridized carbons (Fsp3) is 0.174. The number of anilines is 2. The van der Waals surface area contributed by atoms with Crippen molar-refractivity contribution in [3.63, 3.8) is 0 Å². The molecule has 3 aromatic rings. The summed E-state index contributed by atoms with van der Waals surface area (Å²) < 4.78 is 27.6. The molecule has 1 unspecified atom stereocenters. The topological polar surface area (TPSA) is 118 Å². The average molecular weight is 486 g/mol. The summed E-state index contributed by atoms with van der Waals surface area (Å²) in [4.78, 5) is 24.0. The van der Waals surface area contributed by atoms with E-state index in [4.69, 9.17) is 0 Å². The summed E-state index contributed by atoms with van der Waals surface area (Å²) >= 11 is 1.29. The molecule has 3 aromatic carbocycles. The maximum absolute atomic E-state index is 12.6. The number of non-ortho nitro benzene ring substituents is 1. The second kappa shape index (κ2) is 10.1. The van der Waals surface area contributed by atoms with Crippen molar-refractivity contribution in [1.29, 1.82) is 0 Å². The SMILES string of the molecule is Cc1ccc(S(=O)(=O)Nc2ccc(SC(C)C(=O)Nc3cc([N+](=O)[O-])ccc3C)cc2)cc1. The highest BCUT2D eigenvalue weighted by atomic mass is 32.2. The van der Waals surface area contributed by atoms with Gasteiger partial charge in [0.2, 0.25) is 5.91 Å². The molecule has 2 N–H and O–H groups in total. The van der Waals surface area contributed by atoms with Crippen LogP contribution in [0.5, 0.6) is 0 Å². The standard InChI is InChI=1S/C23H23N3O5S2/c1-15-4-12-21(13-5-15)33(30,31)25-18-7-10-20(11-8-18)32-17(3)23(27)24-22-14-19(26(28)29)9-6-16(22)2/h4-14,17,25H,1-3H3,(H,24,27). The normalized spacial score (nSPS) is 12.1. The third-order valence-corrected chi connectivity index (χ3v) is 7.32. The first-order chi connectivity index (χ1) is 15.5. The van der Waals surface area contributed by atoms with Crippen molar-refractivity contribution in [2.75, 3.05) is 10.0 Å². The van der Waals surface area contributed by atoms with Gasteiger partial charge >= 0.3 is 0 Å². The van der Waals surface area contributed by atoms with Crippen LogP contribution < -0.4 is 10.0 Å². The van der Waals surface area contributed by atoms with Crippen LogP contribution >= 0.6 is 11.8 Å². The zero-order valence-corrected chi connectivity index (χ0v) is 19.9. The number of rotatable bonds is 8. The van der Waals surface area contributed by atoms with Crippen LogP contribution in [0.15, 0.2) is 76.5 Å². The first kappa shape index (κ1) is 24.3. The zero-order chi connectivity index (χ0) is 24.2. The molecule has 3 rings (SSSR count). The van der Waals surface area contributed by atoms with Crippen LogP contribution in [0.1, 0.15) is 18.1 Å². The number of carbonyl (C=O) groups excluding carboxylic acids is 1. The van der Waals surface area contributed by atoms with Gasteiger partial charge < -0.3 is 5.32 Å². The number of hydrogen-bond donors (Lipinski definition) is 2. The van der Waals surface area contributed by atoms with E-state index >= 15 is 0 Å². The zero-order valence-electron chi connectivity index (χ0n) is 18.2. The summed E-state index contributed by atoms with van der Waals surface area (Å²) in [7, 11) is -3.70. The summed E-state index contributed by atoms with van der Waals surface area (Å²) in [5.74, 6) is -0.298. The van der Waals surface area contributed by atoms with Crippen LogP contribution in [0.3, 0.4) is 0 Å². The number of hydrogen-bond acceptors (Lipinski definition) is 6. The number of thioether (sulfide) groups is 1. The van der Waals surface area contributed by atoms with Gasteiger partial charge in [0.1, 0.15) is 0 Å². The Hall–Kier alpha value is -3.37. The predicted molar refractivity (Wildman–Crippen MR) is 130 cm³/mol. The Morgan fingerprint density at radius 2 is 1.64 bits per heavy atom. The minimum absolute atomic E-state index is 0.0973. The van der Waals surface area contributed by atoms with Gasteiger partial charge in [0.05, 0.1) is 20.8 Å². The van der Waals surface area contributed by atoms with E-state index in [0.717, 1.165) is 16.0 Å². The third-order valence-electron chi connectivity index (χ3n) is 4.81. The van der Waals surface area contributed by atoms with E-state index in [-0.39, 0.29) is 16.5 Å². The van der Waals surface area contributed by atoms with Gasteiger partial charge in [-0.25, -0.2) is 8.42 Å². The number of nitro groups is 1. The molecule has 0 fully saturated rings. The van der Waals surface area contributed by atoms with Crippen LogP contribution in [-0.4, -0.2) is 24.5 Å². The van der Waals surface area contributed by atoms with Crippen molar-refractivity contribution < 1.29 is 18.1 Å². The molecule has 8 nitrogen and oxygen atoms in total. The molecule has 172 valence electrons. The van der Waals surface area contributed by atoms with Crippen molar-refractivity contribution in [2.45, 2.75) is 35.8 Å². The molecule has 0 bridgehead atoms. The number of nitrogens with one attached hydrogen (secondary N) is 2. The first-order valence-electron chi connectivity index (χ1n) is 9.97. The third kappa shape index (κ3) is 6.33. The molecule has 0 heterocycles.